The van der Waals surface area contributed by atoms with E-state index < -0.39 is 16.8 Å². The van der Waals surface area contributed by atoms with Gasteiger partial charge in [0.1, 0.15) is 5.75 Å². The van der Waals surface area contributed by atoms with Crippen LogP contribution in [0.3, 0.4) is 0 Å². The fraction of sp³-hybridized carbons (Fsp3) is 0.250. The normalized spacial score (nSPS) is 12.4. The van der Waals surface area contributed by atoms with Gasteiger partial charge in [0.25, 0.3) is 0 Å². The lowest BCUT2D eigenvalue weighted by Gasteiger charge is -1.98. The highest BCUT2D eigenvalue weighted by atomic mass is 79.9. The first-order valence-electron chi connectivity index (χ1n) is 3.75. The molecular formula is C8H8BrNO3S. The highest BCUT2D eigenvalue weighted by Crippen LogP contribution is 2.08. The predicted molar refractivity (Wildman–Crippen MR) is 56.3 cm³/mol. The molecule has 1 atom stereocenters. The zero-order valence-electron chi connectivity index (χ0n) is 7.14. The maximum absolute atomic E-state index is 11.2. The van der Waals surface area contributed by atoms with E-state index in [2.05, 4.69) is 20.9 Å². The molecule has 0 aliphatic carbocycles. The average Bonchev–Trinajstić information content (AvgIpc) is 2.07. The first-order valence-corrected chi connectivity index (χ1v) is 6.03. The summed E-state index contributed by atoms with van der Waals surface area (Å²) in [5.74, 6) is -1.21. The summed E-state index contributed by atoms with van der Waals surface area (Å²) in [6.07, 6.45) is 1.59. The predicted octanol–water partition coefficient (Wildman–Crippen LogP) is 1.18. The smallest absolute Gasteiger partial charge is 0.316 e. The van der Waals surface area contributed by atoms with Crippen molar-refractivity contribution in [3.8, 4) is 0 Å². The van der Waals surface area contributed by atoms with Crippen molar-refractivity contribution < 1.29 is 14.1 Å². The monoisotopic (exact) mass is 277 g/mol. The van der Waals surface area contributed by atoms with Gasteiger partial charge in [0.05, 0.1) is 11.4 Å². The Morgan fingerprint density at radius 1 is 1.57 bits per heavy atom. The van der Waals surface area contributed by atoms with E-state index in [1.807, 2.05) is 0 Å². The minimum Gasteiger partial charge on any atom is -0.481 e. The molecule has 0 aliphatic rings. The molecule has 0 saturated heterocycles. The number of aliphatic carboxylic acids is 1. The third kappa shape index (κ3) is 3.97. The second-order valence-corrected chi connectivity index (χ2v) is 4.96. The van der Waals surface area contributed by atoms with Gasteiger partial charge < -0.3 is 5.11 Å². The minimum absolute atomic E-state index is 0.180. The van der Waals surface area contributed by atoms with Crippen LogP contribution in [-0.2, 0) is 21.3 Å². The topological polar surface area (TPSA) is 67.3 Å². The van der Waals surface area contributed by atoms with Crippen molar-refractivity contribution in [3.05, 3.63) is 28.5 Å². The molecule has 0 spiro atoms. The fourth-order valence-electron chi connectivity index (χ4n) is 0.846. The van der Waals surface area contributed by atoms with Crippen LogP contribution in [0.4, 0.5) is 0 Å². The number of aromatic nitrogens is 1. The van der Waals surface area contributed by atoms with Gasteiger partial charge in [-0.25, -0.2) is 0 Å². The molecule has 0 bridgehead atoms. The van der Waals surface area contributed by atoms with Crippen molar-refractivity contribution in [1.29, 1.82) is 0 Å². The van der Waals surface area contributed by atoms with Crippen LogP contribution in [0.25, 0.3) is 0 Å². The Morgan fingerprint density at radius 2 is 2.29 bits per heavy atom. The van der Waals surface area contributed by atoms with Gasteiger partial charge in [0.15, 0.2) is 0 Å². The SMILES string of the molecule is O=C(O)CS(=O)Cc1ccc(Br)cn1. The van der Waals surface area contributed by atoms with Crippen LogP contribution < -0.4 is 0 Å². The molecule has 1 aromatic rings. The average molecular weight is 278 g/mol. The molecule has 1 N–H and O–H groups in total. The standard InChI is InChI=1S/C8H8BrNO3S/c9-6-1-2-7(10-3-6)4-14(13)5-8(11)12/h1-3H,4-5H2,(H,11,12). The van der Waals surface area contributed by atoms with Crippen LogP contribution in [-0.4, -0.2) is 26.0 Å². The molecule has 1 aromatic heterocycles. The van der Waals surface area contributed by atoms with Crippen molar-refractivity contribution in [2.75, 3.05) is 5.75 Å². The van der Waals surface area contributed by atoms with Crippen molar-refractivity contribution in [2.45, 2.75) is 5.75 Å². The number of halogens is 1. The largest absolute Gasteiger partial charge is 0.481 e. The number of nitrogens with zero attached hydrogens (tertiary/aromatic N) is 1. The minimum atomic E-state index is -1.39. The fourth-order valence-corrected chi connectivity index (χ4v) is 1.96. The third-order valence-corrected chi connectivity index (χ3v) is 3.04. The van der Waals surface area contributed by atoms with Gasteiger partial charge in [-0.15, -0.1) is 0 Å². The molecule has 14 heavy (non-hydrogen) atoms. The summed E-state index contributed by atoms with van der Waals surface area (Å²) in [5, 5.41) is 8.39. The zero-order valence-corrected chi connectivity index (χ0v) is 9.55. The van der Waals surface area contributed by atoms with E-state index in [0.29, 0.717) is 5.69 Å². The molecule has 0 fully saturated rings. The van der Waals surface area contributed by atoms with Crippen LogP contribution in [0.5, 0.6) is 0 Å². The van der Waals surface area contributed by atoms with E-state index in [-0.39, 0.29) is 11.5 Å². The van der Waals surface area contributed by atoms with Crippen LogP contribution in [0.2, 0.25) is 0 Å². The Hall–Kier alpha value is -0.750. The van der Waals surface area contributed by atoms with Crippen molar-refractivity contribution in [1.82, 2.24) is 4.98 Å². The maximum Gasteiger partial charge on any atom is 0.316 e. The van der Waals surface area contributed by atoms with E-state index in [1.54, 1.807) is 18.3 Å². The molecule has 76 valence electrons. The van der Waals surface area contributed by atoms with E-state index >= 15 is 0 Å². The Morgan fingerprint density at radius 3 is 2.79 bits per heavy atom. The second-order valence-electron chi connectivity index (χ2n) is 2.59. The molecule has 6 heteroatoms. The van der Waals surface area contributed by atoms with Crippen molar-refractivity contribution >= 4 is 32.7 Å². The number of hydrogen-bond acceptors (Lipinski definition) is 3. The number of carboxylic acids is 1. The summed E-state index contributed by atoms with van der Waals surface area (Å²) < 4.78 is 12.0. The quantitative estimate of drug-likeness (QED) is 0.898. The summed E-state index contributed by atoms with van der Waals surface area (Å²) in [6, 6.07) is 3.49. The zero-order chi connectivity index (χ0) is 10.6. The van der Waals surface area contributed by atoms with E-state index in [4.69, 9.17) is 5.11 Å². The molecule has 0 aliphatic heterocycles. The molecular weight excluding hydrogens is 270 g/mol. The first-order chi connectivity index (χ1) is 6.58. The molecule has 0 radical (unpaired) electrons. The Labute approximate surface area is 91.9 Å². The van der Waals surface area contributed by atoms with E-state index in [1.165, 1.54) is 0 Å². The lowest BCUT2D eigenvalue weighted by molar-refractivity contribution is -0.133. The number of pyridine rings is 1. The van der Waals surface area contributed by atoms with E-state index in [0.717, 1.165) is 4.47 Å². The number of carbonyl (C=O) groups is 1. The van der Waals surface area contributed by atoms with Crippen molar-refractivity contribution in [3.63, 3.8) is 0 Å². The summed E-state index contributed by atoms with van der Waals surface area (Å²) in [4.78, 5) is 14.2. The van der Waals surface area contributed by atoms with Crippen LogP contribution >= 0.6 is 15.9 Å². The molecule has 1 unspecified atom stereocenters. The van der Waals surface area contributed by atoms with E-state index in [9.17, 15) is 9.00 Å². The van der Waals surface area contributed by atoms with Gasteiger partial charge in [-0.3, -0.25) is 14.0 Å². The number of hydrogen-bond donors (Lipinski definition) is 1. The number of rotatable bonds is 4. The molecule has 1 heterocycles. The number of carboxylic acid groups (broad SMARTS) is 1. The van der Waals surface area contributed by atoms with Gasteiger partial charge in [0.2, 0.25) is 0 Å². The Balaban J connectivity index is 2.56. The summed E-state index contributed by atoms with van der Waals surface area (Å²) in [7, 11) is -1.39. The molecule has 0 aromatic carbocycles. The Kier molecular flexibility index (Phi) is 4.21. The summed E-state index contributed by atoms with van der Waals surface area (Å²) in [5.41, 5.74) is 0.632. The van der Waals surface area contributed by atoms with Gasteiger partial charge in [0, 0.05) is 21.5 Å². The van der Waals surface area contributed by atoms with Gasteiger partial charge in [-0.05, 0) is 28.1 Å². The van der Waals surface area contributed by atoms with Crippen LogP contribution in [0, 0.1) is 0 Å². The molecule has 0 amide bonds. The lowest BCUT2D eigenvalue weighted by atomic mass is 10.4. The lowest BCUT2D eigenvalue weighted by Crippen LogP contribution is -2.11. The third-order valence-electron chi connectivity index (χ3n) is 1.38. The second kappa shape index (κ2) is 5.21. The van der Waals surface area contributed by atoms with Crippen LogP contribution in [0.1, 0.15) is 5.69 Å². The molecule has 0 saturated carbocycles. The highest BCUT2D eigenvalue weighted by Gasteiger charge is 2.07. The summed E-state index contributed by atoms with van der Waals surface area (Å²) >= 11 is 3.22. The molecule has 1 rings (SSSR count). The molecule has 4 nitrogen and oxygen atoms in total. The van der Waals surface area contributed by atoms with Gasteiger partial charge >= 0.3 is 5.97 Å². The Bertz CT molecular complexity index is 352. The van der Waals surface area contributed by atoms with Gasteiger partial charge in [-0.1, -0.05) is 0 Å². The van der Waals surface area contributed by atoms with Crippen molar-refractivity contribution in [2.24, 2.45) is 0 Å². The first kappa shape index (κ1) is 11.3. The van der Waals surface area contributed by atoms with Crippen LogP contribution in [0.15, 0.2) is 22.8 Å². The maximum atomic E-state index is 11.2. The summed E-state index contributed by atoms with van der Waals surface area (Å²) in [6.45, 7) is 0. The highest BCUT2D eigenvalue weighted by molar-refractivity contribution is 9.10. The van der Waals surface area contributed by atoms with Gasteiger partial charge in [-0.2, -0.15) is 0 Å².